The third kappa shape index (κ3) is 5.03. The fourth-order valence-electron chi connectivity index (χ4n) is 2.78. The molecule has 7 heteroatoms. The van der Waals surface area contributed by atoms with Gasteiger partial charge in [-0.3, -0.25) is 10.2 Å². The first-order valence-corrected chi connectivity index (χ1v) is 8.62. The number of ether oxygens (including phenoxy) is 1. The Hall–Kier alpha value is -2.93. The van der Waals surface area contributed by atoms with Gasteiger partial charge in [-0.2, -0.15) is 0 Å². The molecule has 7 nitrogen and oxygen atoms in total. The van der Waals surface area contributed by atoms with Crippen LogP contribution in [0.1, 0.15) is 5.56 Å². The standard InChI is InChI=1S/C19H23N5O2/c1-26-19(25)20-17-9-10-18(22-21-17)24-14-12-23(13-15-24)11-5-8-16-6-3-2-4-7-16/h2-10H,11-15H2,1H3,(H,20,21,25)/b8-5+. The zero-order valence-corrected chi connectivity index (χ0v) is 14.8. The van der Waals surface area contributed by atoms with Crippen LogP contribution in [0.25, 0.3) is 6.08 Å². The highest BCUT2D eigenvalue weighted by Crippen LogP contribution is 2.14. The van der Waals surface area contributed by atoms with Crippen LogP contribution in [0.4, 0.5) is 16.4 Å². The zero-order chi connectivity index (χ0) is 18.2. The van der Waals surface area contributed by atoms with Crippen molar-refractivity contribution in [3.8, 4) is 0 Å². The quantitative estimate of drug-likeness (QED) is 0.891. The molecule has 2 heterocycles. The first-order valence-electron chi connectivity index (χ1n) is 8.62. The first kappa shape index (κ1) is 17.9. The van der Waals surface area contributed by atoms with E-state index in [2.05, 4.69) is 54.3 Å². The summed E-state index contributed by atoms with van der Waals surface area (Å²) in [6, 6.07) is 13.9. The number of rotatable bonds is 5. The van der Waals surface area contributed by atoms with Gasteiger partial charge in [0.15, 0.2) is 11.6 Å². The average Bonchev–Trinajstić information content (AvgIpc) is 2.70. The summed E-state index contributed by atoms with van der Waals surface area (Å²) in [5, 5.41) is 10.7. The fraction of sp³-hybridized carbons (Fsp3) is 0.316. The van der Waals surface area contributed by atoms with E-state index < -0.39 is 6.09 Å². The summed E-state index contributed by atoms with van der Waals surface area (Å²) < 4.78 is 4.53. The normalized spacial score (nSPS) is 15.2. The highest BCUT2D eigenvalue weighted by molar-refractivity contribution is 5.83. The SMILES string of the molecule is COC(=O)Nc1ccc(N2CCN(C/C=C/c3ccccc3)CC2)nn1. The van der Waals surface area contributed by atoms with Crippen LogP contribution in [-0.4, -0.2) is 61.0 Å². The number of anilines is 2. The van der Waals surface area contributed by atoms with Crippen molar-refractivity contribution in [3.05, 3.63) is 54.1 Å². The molecule has 1 amide bonds. The van der Waals surface area contributed by atoms with E-state index in [1.165, 1.54) is 12.7 Å². The van der Waals surface area contributed by atoms with Crippen molar-refractivity contribution in [2.24, 2.45) is 0 Å². The van der Waals surface area contributed by atoms with E-state index in [9.17, 15) is 4.79 Å². The van der Waals surface area contributed by atoms with Crippen LogP contribution in [0.5, 0.6) is 0 Å². The molecule has 2 aromatic rings. The van der Waals surface area contributed by atoms with Gasteiger partial charge < -0.3 is 9.64 Å². The van der Waals surface area contributed by atoms with Gasteiger partial charge in [-0.05, 0) is 17.7 Å². The third-order valence-corrected chi connectivity index (χ3v) is 4.24. The lowest BCUT2D eigenvalue weighted by Gasteiger charge is -2.34. The van der Waals surface area contributed by atoms with Gasteiger partial charge in [0, 0.05) is 32.7 Å². The molecule has 1 saturated heterocycles. The van der Waals surface area contributed by atoms with Gasteiger partial charge in [-0.25, -0.2) is 4.79 Å². The van der Waals surface area contributed by atoms with Crippen LogP contribution in [0.2, 0.25) is 0 Å². The molecule has 3 rings (SSSR count). The largest absolute Gasteiger partial charge is 0.453 e. The fourth-order valence-corrected chi connectivity index (χ4v) is 2.78. The summed E-state index contributed by atoms with van der Waals surface area (Å²) in [6.07, 6.45) is 3.81. The third-order valence-electron chi connectivity index (χ3n) is 4.24. The van der Waals surface area contributed by atoms with E-state index in [4.69, 9.17) is 0 Å². The summed E-state index contributed by atoms with van der Waals surface area (Å²) in [6.45, 7) is 4.69. The van der Waals surface area contributed by atoms with E-state index in [1.807, 2.05) is 24.3 Å². The van der Waals surface area contributed by atoms with Crippen molar-refractivity contribution in [3.63, 3.8) is 0 Å². The highest BCUT2D eigenvalue weighted by atomic mass is 16.5. The Labute approximate surface area is 153 Å². The molecular weight excluding hydrogens is 330 g/mol. The predicted octanol–water partition coefficient (Wildman–Crippen LogP) is 2.49. The van der Waals surface area contributed by atoms with Crippen molar-refractivity contribution >= 4 is 23.8 Å². The number of methoxy groups -OCH3 is 1. The zero-order valence-electron chi connectivity index (χ0n) is 14.8. The molecule has 0 unspecified atom stereocenters. The Morgan fingerprint density at radius 3 is 2.54 bits per heavy atom. The van der Waals surface area contributed by atoms with E-state index >= 15 is 0 Å². The second-order valence-corrected chi connectivity index (χ2v) is 5.99. The lowest BCUT2D eigenvalue weighted by molar-refractivity contribution is 0.187. The number of piperazine rings is 1. The van der Waals surface area contributed by atoms with E-state index in [0.717, 1.165) is 38.5 Å². The topological polar surface area (TPSA) is 70.6 Å². The van der Waals surface area contributed by atoms with Crippen molar-refractivity contribution in [1.29, 1.82) is 0 Å². The van der Waals surface area contributed by atoms with Gasteiger partial charge in [-0.1, -0.05) is 42.5 Å². The number of hydrogen-bond acceptors (Lipinski definition) is 6. The maximum Gasteiger partial charge on any atom is 0.412 e. The van der Waals surface area contributed by atoms with Crippen LogP contribution in [-0.2, 0) is 4.74 Å². The minimum Gasteiger partial charge on any atom is -0.453 e. The Morgan fingerprint density at radius 1 is 1.12 bits per heavy atom. The summed E-state index contributed by atoms with van der Waals surface area (Å²) in [4.78, 5) is 15.8. The maximum absolute atomic E-state index is 11.2. The second-order valence-electron chi connectivity index (χ2n) is 5.99. The molecule has 26 heavy (non-hydrogen) atoms. The highest BCUT2D eigenvalue weighted by Gasteiger charge is 2.17. The predicted molar refractivity (Wildman–Crippen MR) is 102 cm³/mol. The monoisotopic (exact) mass is 353 g/mol. The Morgan fingerprint density at radius 2 is 1.88 bits per heavy atom. The molecular formula is C19H23N5O2. The molecule has 0 radical (unpaired) electrons. The van der Waals surface area contributed by atoms with Crippen molar-refractivity contribution in [2.45, 2.75) is 0 Å². The second kappa shape index (κ2) is 8.96. The molecule has 1 aromatic heterocycles. The molecule has 136 valence electrons. The molecule has 1 aliphatic rings. The summed E-state index contributed by atoms with van der Waals surface area (Å²) >= 11 is 0. The van der Waals surface area contributed by atoms with Crippen LogP contribution in [0.3, 0.4) is 0 Å². The average molecular weight is 353 g/mol. The Bertz CT molecular complexity index is 725. The molecule has 1 aliphatic heterocycles. The molecule has 0 aliphatic carbocycles. The lowest BCUT2D eigenvalue weighted by Crippen LogP contribution is -2.46. The summed E-state index contributed by atoms with van der Waals surface area (Å²) in [5.74, 6) is 1.20. The summed E-state index contributed by atoms with van der Waals surface area (Å²) in [7, 11) is 1.31. The van der Waals surface area contributed by atoms with Crippen molar-refractivity contribution in [2.75, 3.05) is 50.1 Å². The van der Waals surface area contributed by atoms with E-state index in [-0.39, 0.29) is 0 Å². The molecule has 1 N–H and O–H groups in total. The molecule has 0 atom stereocenters. The smallest absolute Gasteiger partial charge is 0.412 e. The van der Waals surface area contributed by atoms with Gasteiger partial charge >= 0.3 is 6.09 Å². The Balaban J connectivity index is 1.46. The molecule has 1 aromatic carbocycles. The number of benzene rings is 1. The molecule has 0 spiro atoms. The first-order chi connectivity index (χ1) is 12.7. The Kier molecular flexibility index (Phi) is 6.16. The van der Waals surface area contributed by atoms with Gasteiger partial charge in [0.2, 0.25) is 0 Å². The van der Waals surface area contributed by atoms with Gasteiger partial charge in [0.05, 0.1) is 7.11 Å². The molecule has 0 bridgehead atoms. The minimum atomic E-state index is -0.552. The van der Waals surface area contributed by atoms with Gasteiger partial charge in [0.25, 0.3) is 0 Å². The van der Waals surface area contributed by atoms with Crippen LogP contribution in [0, 0.1) is 0 Å². The number of carbonyl (C=O) groups excluding carboxylic acids is 1. The number of carbonyl (C=O) groups is 1. The van der Waals surface area contributed by atoms with Gasteiger partial charge in [-0.15, -0.1) is 10.2 Å². The number of amides is 1. The number of nitrogens with zero attached hydrogens (tertiary/aromatic N) is 4. The van der Waals surface area contributed by atoms with Crippen LogP contribution >= 0.6 is 0 Å². The summed E-state index contributed by atoms with van der Waals surface area (Å²) in [5.41, 5.74) is 1.22. The van der Waals surface area contributed by atoms with E-state index in [0.29, 0.717) is 5.82 Å². The molecule has 1 fully saturated rings. The van der Waals surface area contributed by atoms with Crippen molar-refractivity contribution < 1.29 is 9.53 Å². The van der Waals surface area contributed by atoms with Gasteiger partial charge in [0.1, 0.15) is 0 Å². The van der Waals surface area contributed by atoms with Crippen molar-refractivity contribution in [1.82, 2.24) is 15.1 Å². The van der Waals surface area contributed by atoms with Crippen LogP contribution in [0.15, 0.2) is 48.5 Å². The lowest BCUT2D eigenvalue weighted by atomic mass is 10.2. The van der Waals surface area contributed by atoms with E-state index in [1.54, 1.807) is 6.07 Å². The molecule has 0 saturated carbocycles. The maximum atomic E-state index is 11.2. The van der Waals surface area contributed by atoms with Crippen LogP contribution < -0.4 is 10.2 Å². The number of hydrogen-bond donors (Lipinski definition) is 1. The number of nitrogens with one attached hydrogen (secondary N) is 1. The minimum absolute atomic E-state index is 0.380. The number of aromatic nitrogens is 2.